The molecule has 0 unspecified atom stereocenters. The van der Waals surface area contributed by atoms with E-state index in [9.17, 15) is 4.79 Å². The molecule has 42 heavy (non-hydrogen) atoms. The van der Waals surface area contributed by atoms with Crippen LogP contribution in [0.15, 0.2) is 0 Å². The van der Waals surface area contributed by atoms with E-state index in [0.717, 1.165) is 12.8 Å². The third kappa shape index (κ3) is 32.2. The predicted molar refractivity (Wildman–Crippen MR) is 172 cm³/mol. The van der Waals surface area contributed by atoms with Crippen molar-refractivity contribution in [1.82, 2.24) is 0 Å². The van der Waals surface area contributed by atoms with Gasteiger partial charge in [0.05, 0.1) is 13.2 Å². The van der Waals surface area contributed by atoms with Crippen molar-refractivity contribution in [3.63, 3.8) is 0 Å². The Labute approximate surface area is 258 Å². The number of rotatable bonds is 31. The maximum atomic E-state index is 10.4. The molecule has 4 atom stereocenters. The van der Waals surface area contributed by atoms with Gasteiger partial charge in [0.1, 0.15) is 24.4 Å². The highest BCUT2D eigenvalue weighted by molar-refractivity contribution is 5.66. The first-order chi connectivity index (χ1) is 20.3. The molecule has 0 bridgehead atoms. The van der Waals surface area contributed by atoms with Crippen molar-refractivity contribution in [1.29, 1.82) is 0 Å². The van der Waals surface area contributed by atoms with Gasteiger partial charge in [-0.1, -0.05) is 161 Å². The first kappa shape index (κ1) is 43.4. The van der Waals surface area contributed by atoms with Crippen molar-refractivity contribution in [3.05, 3.63) is 0 Å². The average molecular weight is 607 g/mol. The second kappa shape index (κ2) is 34.7. The fourth-order valence-corrected chi connectivity index (χ4v) is 5.09. The van der Waals surface area contributed by atoms with Crippen LogP contribution in [0.4, 0.5) is 0 Å². The lowest BCUT2D eigenvalue weighted by Gasteiger charge is -2.24. The van der Waals surface area contributed by atoms with E-state index >= 15 is 0 Å². The third-order valence-electron chi connectivity index (χ3n) is 8.01. The standard InChI is InChI=1S/C28H56O2.C6H14O6/c1-2-3-4-5-6-7-8-9-10-11-12-13-14-15-16-17-18-19-20-21-22-23-24-25-26-27-28(29)30;7-1-3(9)5(11)6(12)4(10)2-8/h2-27H2,1H3,(H,29,30);3-12H,1-2H2/t;3-,4+,5-,6-/m.1/s1. The Bertz CT molecular complexity index is 520. The molecule has 0 radical (unpaired) electrons. The van der Waals surface area contributed by atoms with Crippen LogP contribution in [0.5, 0.6) is 0 Å². The highest BCUT2D eigenvalue weighted by Gasteiger charge is 2.29. The number of hydrogen-bond donors (Lipinski definition) is 7. The summed E-state index contributed by atoms with van der Waals surface area (Å²) >= 11 is 0. The van der Waals surface area contributed by atoms with E-state index in [0.29, 0.717) is 6.42 Å². The lowest BCUT2D eigenvalue weighted by Crippen LogP contribution is -2.46. The normalized spacial score (nSPS) is 14.2. The second-order valence-corrected chi connectivity index (χ2v) is 12.1. The molecule has 0 aliphatic heterocycles. The van der Waals surface area contributed by atoms with Crippen molar-refractivity contribution in [2.24, 2.45) is 0 Å². The Morgan fingerprint density at radius 2 is 0.643 bits per heavy atom. The largest absolute Gasteiger partial charge is 0.481 e. The molecular formula is C34H70O8. The van der Waals surface area contributed by atoms with Gasteiger partial charge in [-0.05, 0) is 6.42 Å². The zero-order chi connectivity index (χ0) is 31.7. The summed E-state index contributed by atoms with van der Waals surface area (Å²) in [5.74, 6) is -0.649. The van der Waals surface area contributed by atoms with Crippen LogP contribution in [-0.4, -0.2) is 79.3 Å². The molecular weight excluding hydrogens is 536 g/mol. The third-order valence-corrected chi connectivity index (χ3v) is 8.01. The minimum atomic E-state index is -1.67. The number of unbranched alkanes of at least 4 members (excludes halogenated alkanes) is 24. The summed E-state index contributed by atoms with van der Waals surface area (Å²) in [7, 11) is 0. The van der Waals surface area contributed by atoms with Gasteiger partial charge in [0.25, 0.3) is 0 Å². The molecule has 8 nitrogen and oxygen atoms in total. The zero-order valence-corrected chi connectivity index (χ0v) is 27.1. The molecule has 0 heterocycles. The Morgan fingerprint density at radius 1 is 0.429 bits per heavy atom. The number of carboxylic acids is 1. The van der Waals surface area contributed by atoms with Crippen molar-refractivity contribution in [2.75, 3.05) is 13.2 Å². The molecule has 8 heteroatoms. The van der Waals surface area contributed by atoms with Gasteiger partial charge in [0.15, 0.2) is 0 Å². The number of aliphatic hydroxyl groups excluding tert-OH is 6. The number of aliphatic carboxylic acids is 1. The van der Waals surface area contributed by atoms with Crippen LogP contribution in [-0.2, 0) is 4.79 Å². The van der Waals surface area contributed by atoms with Crippen molar-refractivity contribution < 1.29 is 40.5 Å². The van der Waals surface area contributed by atoms with Gasteiger partial charge >= 0.3 is 5.97 Å². The summed E-state index contributed by atoms with van der Waals surface area (Å²) in [5.41, 5.74) is 0. The summed E-state index contributed by atoms with van der Waals surface area (Å²) in [4.78, 5) is 10.4. The van der Waals surface area contributed by atoms with Crippen LogP contribution in [0.1, 0.15) is 174 Å². The molecule has 0 aromatic heterocycles. The van der Waals surface area contributed by atoms with Crippen LogP contribution in [0, 0.1) is 0 Å². The minimum Gasteiger partial charge on any atom is -0.481 e. The van der Waals surface area contributed by atoms with Gasteiger partial charge in [0.2, 0.25) is 0 Å². The van der Waals surface area contributed by atoms with Gasteiger partial charge in [-0.15, -0.1) is 0 Å². The number of carbonyl (C=O) groups is 1. The Hall–Kier alpha value is -0.770. The molecule has 0 amide bonds. The fraction of sp³-hybridized carbons (Fsp3) is 0.971. The quantitative estimate of drug-likeness (QED) is 0.0432. The summed E-state index contributed by atoms with van der Waals surface area (Å²) in [5, 5.41) is 60.8. The number of hydrogen-bond acceptors (Lipinski definition) is 7. The van der Waals surface area contributed by atoms with E-state index in [1.807, 2.05) is 0 Å². The van der Waals surface area contributed by atoms with Crippen LogP contribution in [0.25, 0.3) is 0 Å². The summed E-state index contributed by atoms with van der Waals surface area (Å²) in [6.45, 7) is 0.842. The molecule has 0 spiro atoms. The first-order valence-electron chi connectivity index (χ1n) is 17.5. The van der Waals surface area contributed by atoms with Gasteiger partial charge < -0.3 is 35.7 Å². The molecule has 0 saturated carbocycles. The summed E-state index contributed by atoms with van der Waals surface area (Å²) in [6.07, 6.45) is 28.6. The molecule has 0 aliphatic carbocycles. The summed E-state index contributed by atoms with van der Waals surface area (Å²) in [6, 6.07) is 0. The molecule has 254 valence electrons. The maximum absolute atomic E-state index is 10.4. The van der Waals surface area contributed by atoms with E-state index in [2.05, 4.69) is 6.92 Å². The molecule has 0 aliphatic rings. The molecule has 0 saturated heterocycles. The Morgan fingerprint density at radius 3 is 0.833 bits per heavy atom. The van der Waals surface area contributed by atoms with Gasteiger partial charge in [-0.2, -0.15) is 0 Å². The van der Waals surface area contributed by atoms with Crippen molar-refractivity contribution in [3.8, 4) is 0 Å². The van der Waals surface area contributed by atoms with E-state index in [1.54, 1.807) is 0 Å². The van der Waals surface area contributed by atoms with E-state index < -0.39 is 43.6 Å². The Balaban J connectivity index is 0. The summed E-state index contributed by atoms with van der Waals surface area (Å²) < 4.78 is 0. The predicted octanol–water partition coefficient (Wildman–Crippen LogP) is 6.65. The van der Waals surface area contributed by atoms with Crippen LogP contribution in [0.2, 0.25) is 0 Å². The van der Waals surface area contributed by atoms with Gasteiger partial charge in [0, 0.05) is 6.42 Å². The van der Waals surface area contributed by atoms with Crippen LogP contribution in [0.3, 0.4) is 0 Å². The number of aliphatic hydroxyl groups is 6. The average Bonchev–Trinajstić information content (AvgIpc) is 2.99. The molecule has 7 N–H and O–H groups in total. The molecule has 0 aromatic carbocycles. The van der Waals surface area contributed by atoms with E-state index in [4.69, 9.17) is 35.7 Å². The molecule has 0 fully saturated rings. The topological polar surface area (TPSA) is 159 Å². The highest BCUT2D eigenvalue weighted by atomic mass is 16.4. The number of carboxylic acid groups (broad SMARTS) is 1. The van der Waals surface area contributed by atoms with Crippen molar-refractivity contribution >= 4 is 5.97 Å². The second-order valence-electron chi connectivity index (χ2n) is 12.1. The Kier molecular flexibility index (Phi) is 35.8. The molecule has 0 aromatic rings. The van der Waals surface area contributed by atoms with Gasteiger partial charge in [-0.25, -0.2) is 0 Å². The van der Waals surface area contributed by atoms with Crippen LogP contribution >= 0.6 is 0 Å². The first-order valence-corrected chi connectivity index (χ1v) is 17.5. The lowest BCUT2D eigenvalue weighted by molar-refractivity contribution is -0.137. The smallest absolute Gasteiger partial charge is 0.303 e. The molecule has 0 rings (SSSR count). The van der Waals surface area contributed by atoms with Gasteiger partial charge in [-0.3, -0.25) is 4.79 Å². The lowest BCUT2D eigenvalue weighted by atomic mass is 10.0. The monoisotopic (exact) mass is 607 g/mol. The van der Waals surface area contributed by atoms with E-state index in [-0.39, 0.29) is 0 Å². The minimum absolute atomic E-state index is 0.347. The highest BCUT2D eigenvalue weighted by Crippen LogP contribution is 2.16. The fourth-order valence-electron chi connectivity index (χ4n) is 5.09. The van der Waals surface area contributed by atoms with Crippen LogP contribution < -0.4 is 0 Å². The maximum Gasteiger partial charge on any atom is 0.303 e. The van der Waals surface area contributed by atoms with E-state index in [1.165, 1.54) is 148 Å². The SMILES string of the molecule is CCCCCCCCCCCCCCCCCCCCCCCCCCCC(=O)O.OC[C@@H](O)[C@@H](O)[C@H](O)[C@@H](O)CO. The zero-order valence-electron chi connectivity index (χ0n) is 27.1. The van der Waals surface area contributed by atoms with Crippen molar-refractivity contribution in [2.45, 2.75) is 198 Å².